The second kappa shape index (κ2) is 4.77. The summed E-state index contributed by atoms with van der Waals surface area (Å²) in [4.78, 5) is 0. The molecule has 2 rings (SSSR count). The van der Waals surface area contributed by atoms with E-state index < -0.39 is 5.60 Å². The van der Waals surface area contributed by atoms with Crippen molar-refractivity contribution in [1.29, 1.82) is 0 Å². The number of nitrogens with two attached hydrogens (primary N) is 1. The molecule has 1 atom stereocenters. The first kappa shape index (κ1) is 14.3. The van der Waals surface area contributed by atoms with Crippen molar-refractivity contribution in [2.24, 2.45) is 22.5 Å². The van der Waals surface area contributed by atoms with Gasteiger partial charge in [0.1, 0.15) is 0 Å². The first-order chi connectivity index (χ1) is 8.33. The second-order valence-corrected chi connectivity index (χ2v) is 7.46. The van der Waals surface area contributed by atoms with Crippen LogP contribution in [0.4, 0.5) is 0 Å². The maximum atomic E-state index is 10.9. The maximum absolute atomic E-state index is 10.9. The average molecular weight is 255 g/mol. The van der Waals surface area contributed by atoms with Gasteiger partial charge in [-0.3, -0.25) is 0 Å². The maximum Gasteiger partial charge on any atom is 0.0969 e. The Morgan fingerprint density at radius 1 is 1.22 bits per heavy atom. The summed E-state index contributed by atoms with van der Waals surface area (Å²) in [6.45, 7) is 8.70. The molecule has 0 amide bonds. The molecule has 1 saturated carbocycles. The molecule has 2 fully saturated rings. The van der Waals surface area contributed by atoms with E-state index >= 15 is 0 Å². The number of hydrogen-bond donors (Lipinski definition) is 2. The van der Waals surface area contributed by atoms with Crippen molar-refractivity contribution in [1.82, 2.24) is 0 Å². The molecule has 3 heteroatoms. The normalized spacial score (nSPS) is 42.2. The molecule has 0 bridgehead atoms. The summed E-state index contributed by atoms with van der Waals surface area (Å²) in [5.41, 5.74) is 5.63. The molecular formula is C15H29NO2. The lowest BCUT2D eigenvalue weighted by Gasteiger charge is -2.50. The summed E-state index contributed by atoms with van der Waals surface area (Å²) in [5.74, 6) is 0.753. The van der Waals surface area contributed by atoms with Gasteiger partial charge in [-0.15, -0.1) is 0 Å². The van der Waals surface area contributed by atoms with E-state index in [-0.39, 0.29) is 5.41 Å². The number of ether oxygens (including phenoxy) is 1. The van der Waals surface area contributed by atoms with Gasteiger partial charge in [0.15, 0.2) is 0 Å². The van der Waals surface area contributed by atoms with Gasteiger partial charge >= 0.3 is 0 Å². The molecule has 1 heterocycles. The third-order valence-corrected chi connectivity index (χ3v) is 5.55. The zero-order valence-corrected chi connectivity index (χ0v) is 12.2. The summed E-state index contributed by atoms with van der Waals surface area (Å²) in [6.07, 6.45) is 5.22. The highest BCUT2D eigenvalue weighted by molar-refractivity contribution is 5.04. The topological polar surface area (TPSA) is 55.5 Å². The van der Waals surface area contributed by atoms with Crippen LogP contribution in [0.15, 0.2) is 0 Å². The SMILES string of the molecule is CC(C)(C)C1CCC(CN)(C2(O)CCOC2)CC1. The Bertz CT molecular complexity index is 281. The third kappa shape index (κ3) is 2.33. The summed E-state index contributed by atoms with van der Waals surface area (Å²) in [5, 5.41) is 10.9. The van der Waals surface area contributed by atoms with E-state index in [9.17, 15) is 5.11 Å². The van der Waals surface area contributed by atoms with Crippen LogP contribution >= 0.6 is 0 Å². The van der Waals surface area contributed by atoms with Gasteiger partial charge in [0.05, 0.1) is 12.2 Å². The molecule has 0 radical (unpaired) electrons. The largest absolute Gasteiger partial charge is 0.387 e. The molecule has 1 saturated heterocycles. The zero-order valence-electron chi connectivity index (χ0n) is 12.2. The fraction of sp³-hybridized carbons (Fsp3) is 1.00. The number of rotatable bonds is 2. The molecule has 1 aliphatic carbocycles. The van der Waals surface area contributed by atoms with Gasteiger partial charge in [0.25, 0.3) is 0 Å². The first-order valence-electron chi connectivity index (χ1n) is 7.33. The van der Waals surface area contributed by atoms with Crippen LogP contribution in [0, 0.1) is 16.7 Å². The minimum absolute atomic E-state index is 0.106. The van der Waals surface area contributed by atoms with Gasteiger partial charge < -0.3 is 15.6 Å². The van der Waals surface area contributed by atoms with E-state index in [1.165, 1.54) is 12.8 Å². The van der Waals surface area contributed by atoms with Gasteiger partial charge in [0, 0.05) is 25.0 Å². The molecular weight excluding hydrogens is 226 g/mol. The second-order valence-electron chi connectivity index (χ2n) is 7.46. The Morgan fingerprint density at radius 3 is 2.22 bits per heavy atom. The van der Waals surface area contributed by atoms with Gasteiger partial charge in [-0.05, 0) is 37.0 Å². The Labute approximate surface area is 111 Å². The smallest absolute Gasteiger partial charge is 0.0969 e. The minimum Gasteiger partial charge on any atom is -0.387 e. The van der Waals surface area contributed by atoms with Crippen molar-refractivity contribution < 1.29 is 9.84 Å². The molecule has 0 aromatic heterocycles. The fourth-order valence-electron chi connectivity index (χ4n) is 3.87. The van der Waals surface area contributed by atoms with Crippen molar-refractivity contribution in [3.05, 3.63) is 0 Å². The number of hydrogen-bond acceptors (Lipinski definition) is 3. The molecule has 0 spiro atoms. The number of aliphatic hydroxyl groups is 1. The minimum atomic E-state index is -0.676. The summed E-state index contributed by atoms with van der Waals surface area (Å²) < 4.78 is 5.43. The lowest BCUT2D eigenvalue weighted by atomic mass is 9.58. The molecule has 18 heavy (non-hydrogen) atoms. The van der Waals surface area contributed by atoms with E-state index in [1.54, 1.807) is 0 Å². The predicted octanol–water partition coefficient (Wildman–Crippen LogP) is 2.32. The fourth-order valence-corrected chi connectivity index (χ4v) is 3.87. The van der Waals surface area contributed by atoms with Crippen molar-refractivity contribution in [3.63, 3.8) is 0 Å². The highest BCUT2D eigenvalue weighted by Crippen LogP contribution is 2.51. The van der Waals surface area contributed by atoms with Crippen molar-refractivity contribution >= 4 is 0 Å². The van der Waals surface area contributed by atoms with Gasteiger partial charge in [-0.25, -0.2) is 0 Å². The van der Waals surface area contributed by atoms with Gasteiger partial charge in [-0.2, -0.15) is 0 Å². The molecule has 1 unspecified atom stereocenters. The van der Waals surface area contributed by atoms with Crippen LogP contribution in [0.5, 0.6) is 0 Å². The average Bonchev–Trinajstić information content (AvgIpc) is 2.76. The highest BCUT2D eigenvalue weighted by Gasteiger charge is 2.53. The monoisotopic (exact) mass is 255 g/mol. The standard InChI is InChI=1S/C15H29NO2/c1-13(2,3)12-4-6-14(10-16,7-5-12)15(17)8-9-18-11-15/h12,17H,4-11,16H2,1-3H3. The summed E-state index contributed by atoms with van der Waals surface area (Å²) in [7, 11) is 0. The van der Waals surface area contributed by atoms with Crippen molar-refractivity contribution in [2.45, 2.75) is 58.5 Å². The molecule has 3 N–H and O–H groups in total. The Balaban J connectivity index is 2.09. The van der Waals surface area contributed by atoms with Crippen LogP contribution in [0.2, 0.25) is 0 Å². The van der Waals surface area contributed by atoms with Crippen LogP contribution in [-0.2, 0) is 4.74 Å². The van der Waals surface area contributed by atoms with E-state index in [2.05, 4.69) is 20.8 Å². The first-order valence-corrected chi connectivity index (χ1v) is 7.33. The van der Waals surface area contributed by atoms with Crippen LogP contribution in [0.1, 0.15) is 52.9 Å². The summed E-state index contributed by atoms with van der Waals surface area (Å²) >= 11 is 0. The lowest BCUT2D eigenvalue weighted by molar-refractivity contribution is -0.110. The molecule has 3 nitrogen and oxygen atoms in total. The lowest BCUT2D eigenvalue weighted by Crippen LogP contribution is -2.55. The van der Waals surface area contributed by atoms with E-state index in [1.807, 2.05) is 0 Å². The molecule has 106 valence electrons. The molecule has 0 aromatic rings. The highest BCUT2D eigenvalue weighted by atomic mass is 16.5. The summed E-state index contributed by atoms with van der Waals surface area (Å²) in [6, 6.07) is 0. The zero-order chi connectivity index (χ0) is 13.4. The quantitative estimate of drug-likeness (QED) is 0.796. The van der Waals surface area contributed by atoms with Gasteiger partial charge in [-0.1, -0.05) is 20.8 Å². The molecule has 1 aliphatic heterocycles. The van der Waals surface area contributed by atoms with E-state index in [0.717, 1.165) is 25.2 Å². The van der Waals surface area contributed by atoms with Gasteiger partial charge in [0.2, 0.25) is 0 Å². The third-order valence-electron chi connectivity index (χ3n) is 5.55. The van der Waals surface area contributed by atoms with Crippen LogP contribution in [0.25, 0.3) is 0 Å². The van der Waals surface area contributed by atoms with E-state index in [4.69, 9.17) is 10.5 Å². The Kier molecular flexibility index (Phi) is 3.79. The Morgan fingerprint density at radius 2 is 1.83 bits per heavy atom. The van der Waals surface area contributed by atoms with Crippen LogP contribution in [-0.4, -0.2) is 30.5 Å². The molecule has 2 aliphatic rings. The molecule has 0 aromatic carbocycles. The van der Waals surface area contributed by atoms with E-state index in [0.29, 0.717) is 25.2 Å². The van der Waals surface area contributed by atoms with Crippen molar-refractivity contribution in [2.75, 3.05) is 19.8 Å². The van der Waals surface area contributed by atoms with Crippen LogP contribution < -0.4 is 5.73 Å². The van der Waals surface area contributed by atoms with Crippen LogP contribution in [0.3, 0.4) is 0 Å². The van der Waals surface area contributed by atoms with Crippen molar-refractivity contribution in [3.8, 4) is 0 Å². The Hall–Kier alpha value is -0.120. The predicted molar refractivity (Wildman–Crippen MR) is 73.3 cm³/mol.